The zero-order valence-electron chi connectivity index (χ0n) is 16.0. The SMILES string of the molecule is CCSc1cccc(C(=O)Nc2sc3c(c2C(=O)OC)CCN(C(C)=O)C3)c1. The Hall–Kier alpha value is -2.32. The van der Waals surface area contributed by atoms with Gasteiger partial charge in [-0.05, 0) is 35.9 Å². The molecule has 2 heterocycles. The molecule has 148 valence electrons. The number of rotatable bonds is 5. The van der Waals surface area contributed by atoms with Crippen LogP contribution in [0.25, 0.3) is 0 Å². The molecule has 8 heteroatoms. The van der Waals surface area contributed by atoms with Crippen LogP contribution >= 0.6 is 23.1 Å². The zero-order chi connectivity index (χ0) is 20.3. The molecule has 1 aromatic carbocycles. The predicted molar refractivity (Wildman–Crippen MR) is 111 cm³/mol. The minimum absolute atomic E-state index is 0.00510. The number of thiophene rings is 1. The number of amides is 2. The van der Waals surface area contributed by atoms with Crippen molar-refractivity contribution < 1.29 is 19.1 Å². The Labute approximate surface area is 172 Å². The lowest BCUT2D eigenvalue weighted by Crippen LogP contribution is -2.33. The summed E-state index contributed by atoms with van der Waals surface area (Å²) in [6, 6.07) is 7.40. The van der Waals surface area contributed by atoms with E-state index in [9.17, 15) is 14.4 Å². The molecule has 0 aliphatic carbocycles. The van der Waals surface area contributed by atoms with Crippen molar-refractivity contribution >= 4 is 45.9 Å². The molecule has 0 bridgehead atoms. The fraction of sp³-hybridized carbons (Fsp3) is 0.350. The van der Waals surface area contributed by atoms with E-state index in [0.717, 1.165) is 21.1 Å². The van der Waals surface area contributed by atoms with E-state index in [2.05, 4.69) is 12.2 Å². The Kier molecular flexibility index (Phi) is 6.41. The molecule has 0 saturated heterocycles. The first kappa shape index (κ1) is 20.4. The molecule has 0 radical (unpaired) electrons. The highest BCUT2D eigenvalue weighted by atomic mass is 32.2. The van der Waals surface area contributed by atoms with E-state index in [1.165, 1.54) is 25.4 Å². The van der Waals surface area contributed by atoms with Crippen molar-refractivity contribution in [2.45, 2.75) is 31.7 Å². The molecule has 1 aliphatic heterocycles. The van der Waals surface area contributed by atoms with Crippen LogP contribution in [0.2, 0.25) is 0 Å². The van der Waals surface area contributed by atoms with Crippen molar-refractivity contribution in [1.82, 2.24) is 4.90 Å². The van der Waals surface area contributed by atoms with Crippen LogP contribution < -0.4 is 5.32 Å². The fourth-order valence-electron chi connectivity index (χ4n) is 3.15. The van der Waals surface area contributed by atoms with Gasteiger partial charge in [-0.2, -0.15) is 0 Å². The standard InChI is InChI=1S/C20H22N2O4S2/c1-4-27-14-7-5-6-13(10-14)18(24)21-19-17(20(25)26-3)15-8-9-22(12(2)23)11-16(15)28-19/h5-7,10H,4,8-9,11H2,1-3H3,(H,21,24). The number of anilines is 1. The van der Waals surface area contributed by atoms with Crippen molar-refractivity contribution in [3.63, 3.8) is 0 Å². The van der Waals surface area contributed by atoms with E-state index in [-0.39, 0.29) is 11.8 Å². The summed E-state index contributed by atoms with van der Waals surface area (Å²) in [7, 11) is 1.33. The molecule has 2 amide bonds. The van der Waals surface area contributed by atoms with Gasteiger partial charge in [-0.25, -0.2) is 4.79 Å². The third-order valence-electron chi connectivity index (χ3n) is 4.53. The highest BCUT2D eigenvalue weighted by molar-refractivity contribution is 7.99. The lowest BCUT2D eigenvalue weighted by molar-refractivity contribution is -0.129. The summed E-state index contributed by atoms with van der Waals surface area (Å²) in [5.41, 5.74) is 1.80. The number of carbonyl (C=O) groups is 3. The molecule has 2 aromatic rings. The van der Waals surface area contributed by atoms with Crippen molar-refractivity contribution in [3.05, 3.63) is 45.8 Å². The highest BCUT2D eigenvalue weighted by Crippen LogP contribution is 2.38. The summed E-state index contributed by atoms with van der Waals surface area (Å²) in [4.78, 5) is 40.5. The maximum Gasteiger partial charge on any atom is 0.341 e. The van der Waals surface area contributed by atoms with Gasteiger partial charge in [0, 0.05) is 28.8 Å². The molecule has 0 saturated carbocycles. The number of carbonyl (C=O) groups excluding carboxylic acids is 3. The summed E-state index contributed by atoms with van der Waals surface area (Å²) >= 11 is 2.99. The van der Waals surface area contributed by atoms with Gasteiger partial charge in [0.15, 0.2) is 0 Å². The van der Waals surface area contributed by atoms with Gasteiger partial charge >= 0.3 is 5.97 Å². The lowest BCUT2D eigenvalue weighted by atomic mass is 10.0. The number of fused-ring (bicyclic) bond motifs is 1. The third kappa shape index (κ3) is 4.23. The number of methoxy groups -OCH3 is 1. The summed E-state index contributed by atoms with van der Waals surface area (Å²) < 4.78 is 4.95. The van der Waals surface area contributed by atoms with Gasteiger partial charge in [-0.3, -0.25) is 9.59 Å². The Balaban J connectivity index is 1.91. The molecule has 0 atom stereocenters. The van der Waals surface area contributed by atoms with Crippen LogP contribution in [-0.2, 0) is 22.5 Å². The van der Waals surface area contributed by atoms with Crippen LogP contribution in [0.4, 0.5) is 5.00 Å². The first-order chi connectivity index (χ1) is 13.4. The Morgan fingerprint density at radius 1 is 1.32 bits per heavy atom. The van der Waals surface area contributed by atoms with E-state index < -0.39 is 5.97 Å². The average Bonchev–Trinajstić information content (AvgIpc) is 3.04. The fourth-order valence-corrected chi connectivity index (χ4v) is 5.11. The van der Waals surface area contributed by atoms with E-state index in [0.29, 0.717) is 35.6 Å². The van der Waals surface area contributed by atoms with Crippen molar-refractivity contribution in [3.8, 4) is 0 Å². The second-order valence-electron chi connectivity index (χ2n) is 6.31. The number of nitrogens with one attached hydrogen (secondary N) is 1. The molecule has 28 heavy (non-hydrogen) atoms. The highest BCUT2D eigenvalue weighted by Gasteiger charge is 2.30. The number of thioether (sulfide) groups is 1. The van der Waals surface area contributed by atoms with E-state index in [1.807, 2.05) is 18.2 Å². The molecule has 0 fully saturated rings. The van der Waals surface area contributed by atoms with Crippen LogP contribution in [-0.4, -0.2) is 42.1 Å². The van der Waals surface area contributed by atoms with Crippen LogP contribution in [0.3, 0.4) is 0 Å². The molecular weight excluding hydrogens is 396 g/mol. The maximum absolute atomic E-state index is 12.8. The average molecular weight is 419 g/mol. The van der Waals surface area contributed by atoms with Crippen LogP contribution in [0.5, 0.6) is 0 Å². The van der Waals surface area contributed by atoms with Crippen LogP contribution in [0.1, 0.15) is 45.0 Å². The van der Waals surface area contributed by atoms with Crippen LogP contribution in [0.15, 0.2) is 29.2 Å². The second kappa shape index (κ2) is 8.79. The topological polar surface area (TPSA) is 75.7 Å². The first-order valence-electron chi connectivity index (χ1n) is 8.97. The Bertz CT molecular complexity index is 923. The lowest BCUT2D eigenvalue weighted by Gasteiger charge is -2.25. The van der Waals surface area contributed by atoms with Crippen molar-refractivity contribution in [2.75, 3.05) is 24.7 Å². The third-order valence-corrected chi connectivity index (χ3v) is 6.53. The van der Waals surface area contributed by atoms with Gasteiger partial charge in [-0.1, -0.05) is 13.0 Å². The molecule has 0 unspecified atom stereocenters. The number of hydrogen-bond acceptors (Lipinski definition) is 6. The molecule has 3 rings (SSSR count). The van der Waals surface area contributed by atoms with Gasteiger partial charge in [0.05, 0.1) is 19.2 Å². The molecule has 1 aliphatic rings. The predicted octanol–water partition coefficient (Wildman–Crippen LogP) is 3.80. The normalized spacial score (nSPS) is 13.0. The van der Waals surface area contributed by atoms with Crippen molar-refractivity contribution in [2.24, 2.45) is 0 Å². The quantitative estimate of drug-likeness (QED) is 0.590. The number of hydrogen-bond donors (Lipinski definition) is 1. The number of ether oxygens (including phenoxy) is 1. The maximum atomic E-state index is 12.8. The van der Waals surface area contributed by atoms with Gasteiger partial charge in [0.1, 0.15) is 5.00 Å². The number of nitrogens with zero attached hydrogens (tertiary/aromatic N) is 1. The molecule has 6 nitrogen and oxygen atoms in total. The van der Waals surface area contributed by atoms with Gasteiger partial charge in [0.2, 0.25) is 5.91 Å². The second-order valence-corrected chi connectivity index (χ2v) is 8.75. The molecule has 1 N–H and O–H groups in total. The minimum Gasteiger partial charge on any atom is -0.465 e. The molecule has 1 aromatic heterocycles. The van der Waals surface area contributed by atoms with Gasteiger partial charge < -0.3 is 15.0 Å². The Morgan fingerprint density at radius 3 is 2.79 bits per heavy atom. The smallest absolute Gasteiger partial charge is 0.341 e. The molecule has 0 spiro atoms. The summed E-state index contributed by atoms with van der Waals surface area (Å²) in [6.45, 7) is 4.58. The summed E-state index contributed by atoms with van der Waals surface area (Å²) in [6.07, 6.45) is 0.564. The largest absolute Gasteiger partial charge is 0.465 e. The van der Waals surface area contributed by atoms with E-state index in [1.54, 1.807) is 22.7 Å². The Morgan fingerprint density at radius 2 is 2.11 bits per heavy atom. The minimum atomic E-state index is -0.473. The number of esters is 1. The zero-order valence-corrected chi connectivity index (χ0v) is 17.7. The van der Waals surface area contributed by atoms with Gasteiger partial charge in [-0.15, -0.1) is 23.1 Å². The number of benzene rings is 1. The summed E-state index contributed by atoms with van der Waals surface area (Å²) in [5.74, 6) is 0.168. The van der Waals surface area contributed by atoms with Crippen LogP contribution in [0, 0.1) is 0 Å². The van der Waals surface area contributed by atoms with Crippen molar-refractivity contribution in [1.29, 1.82) is 0 Å². The van der Waals surface area contributed by atoms with Gasteiger partial charge in [0.25, 0.3) is 5.91 Å². The first-order valence-corrected chi connectivity index (χ1v) is 10.8. The summed E-state index contributed by atoms with van der Waals surface area (Å²) in [5, 5.41) is 3.35. The monoisotopic (exact) mass is 418 g/mol. The van der Waals surface area contributed by atoms with E-state index in [4.69, 9.17) is 4.74 Å². The molecular formula is C20H22N2O4S2. The van der Waals surface area contributed by atoms with E-state index >= 15 is 0 Å².